The van der Waals surface area contributed by atoms with Crippen LogP contribution in [0.1, 0.15) is 37.4 Å². The van der Waals surface area contributed by atoms with Gasteiger partial charge in [-0.05, 0) is 33.1 Å². The Morgan fingerprint density at radius 3 is 2.78 bits per heavy atom. The van der Waals surface area contributed by atoms with E-state index in [1.807, 2.05) is 13.8 Å². The van der Waals surface area contributed by atoms with Crippen molar-refractivity contribution in [2.24, 2.45) is 5.92 Å². The molecule has 0 saturated carbocycles. The maximum atomic E-state index is 10.3. The molecule has 1 aromatic heterocycles. The van der Waals surface area contributed by atoms with Gasteiger partial charge in [0.05, 0.1) is 5.60 Å². The zero-order valence-electron chi connectivity index (χ0n) is 11.4. The molecule has 2 atom stereocenters. The van der Waals surface area contributed by atoms with Gasteiger partial charge in [0.15, 0.2) is 0 Å². The molecule has 1 aromatic rings. The fraction of sp³-hybridized carbons (Fsp3) is 0.714. The van der Waals surface area contributed by atoms with Crippen molar-refractivity contribution in [1.29, 1.82) is 0 Å². The van der Waals surface area contributed by atoms with Crippen LogP contribution in [0.3, 0.4) is 0 Å². The third kappa shape index (κ3) is 1.79. The molecular formula is C14H21N3O. The Bertz CT molecular complexity index is 484. The summed E-state index contributed by atoms with van der Waals surface area (Å²) in [5.41, 5.74) is 1.92. The number of anilines is 1. The highest BCUT2D eigenvalue weighted by Crippen LogP contribution is 2.35. The number of rotatable bonds is 1. The maximum Gasteiger partial charge on any atom is 0.135 e. The summed E-state index contributed by atoms with van der Waals surface area (Å²) in [4.78, 5) is 11.4. The van der Waals surface area contributed by atoms with E-state index >= 15 is 0 Å². The maximum absolute atomic E-state index is 10.3. The van der Waals surface area contributed by atoms with Crippen molar-refractivity contribution in [2.45, 2.75) is 45.6 Å². The third-order valence-corrected chi connectivity index (χ3v) is 4.39. The Labute approximate surface area is 108 Å². The predicted octanol–water partition coefficient (Wildman–Crippen LogP) is 1.48. The molecule has 2 heterocycles. The first kappa shape index (κ1) is 11.9. The first-order valence-electron chi connectivity index (χ1n) is 6.81. The van der Waals surface area contributed by atoms with Crippen molar-refractivity contribution in [3.63, 3.8) is 0 Å². The molecule has 3 rings (SSSR count). The van der Waals surface area contributed by atoms with Crippen molar-refractivity contribution in [3.8, 4) is 0 Å². The number of β-amino-alcohol motifs (C(OH)–C–C–N with tert-alkyl or cyclic N) is 1. The second-order valence-electron chi connectivity index (χ2n) is 6.01. The minimum Gasteiger partial charge on any atom is -0.388 e. The normalized spacial score (nSPS) is 30.9. The fourth-order valence-corrected chi connectivity index (χ4v) is 3.09. The van der Waals surface area contributed by atoms with E-state index in [2.05, 4.69) is 21.8 Å². The number of nitrogens with zero attached hydrogens (tertiary/aromatic N) is 3. The van der Waals surface area contributed by atoms with E-state index in [-0.39, 0.29) is 5.92 Å². The average molecular weight is 247 g/mol. The van der Waals surface area contributed by atoms with Crippen LogP contribution in [0.4, 0.5) is 5.82 Å². The molecule has 4 heteroatoms. The summed E-state index contributed by atoms with van der Waals surface area (Å²) in [5.74, 6) is 2.20. The number of fused-ring (bicyclic) bond motifs is 1. The standard InChI is InChI=1S/C14H21N3O/c1-9-7-17(8-14(9,3)18)13-11-5-4-6-12(11)15-10(2)16-13/h9,18H,4-8H2,1-3H3/t9-,14+/m1/s1. The van der Waals surface area contributed by atoms with Gasteiger partial charge in [0.1, 0.15) is 11.6 Å². The van der Waals surface area contributed by atoms with E-state index < -0.39 is 5.60 Å². The monoisotopic (exact) mass is 247 g/mol. The fourth-order valence-electron chi connectivity index (χ4n) is 3.09. The smallest absolute Gasteiger partial charge is 0.135 e. The SMILES string of the molecule is Cc1nc2c(c(N3C[C@@H](C)[C@@](C)(O)C3)n1)CCC2. The zero-order valence-corrected chi connectivity index (χ0v) is 11.4. The Morgan fingerprint density at radius 2 is 2.11 bits per heavy atom. The lowest BCUT2D eigenvalue weighted by atomic mass is 9.95. The Kier molecular flexibility index (Phi) is 2.59. The van der Waals surface area contributed by atoms with Crippen LogP contribution in [0, 0.1) is 12.8 Å². The molecule has 0 radical (unpaired) electrons. The Morgan fingerprint density at radius 1 is 1.33 bits per heavy atom. The third-order valence-electron chi connectivity index (χ3n) is 4.39. The summed E-state index contributed by atoms with van der Waals surface area (Å²) < 4.78 is 0. The van der Waals surface area contributed by atoms with E-state index in [0.29, 0.717) is 6.54 Å². The zero-order chi connectivity index (χ0) is 12.9. The van der Waals surface area contributed by atoms with Crippen LogP contribution in [0.15, 0.2) is 0 Å². The summed E-state index contributed by atoms with van der Waals surface area (Å²) in [6.45, 7) is 7.55. The second-order valence-corrected chi connectivity index (χ2v) is 6.01. The molecule has 1 fully saturated rings. The van der Waals surface area contributed by atoms with Crippen LogP contribution in [0.5, 0.6) is 0 Å². The van der Waals surface area contributed by atoms with Crippen LogP contribution >= 0.6 is 0 Å². The lowest BCUT2D eigenvalue weighted by molar-refractivity contribution is 0.0443. The van der Waals surface area contributed by atoms with E-state index in [1.165, 1.54) is 17.7 Å². The van der Waals surface area contributed by atoms with Crippen molar-refractivity contribution < 1.29 is 5.11 Å². The van der Waals surface area contributed by atoms with E-state index in [0.717, 1.165) is 31.0 Å². The van der Waals surface area contributed by atoms with Gasteiger partial charge in [-0.2, -0.15) is 0 Å². The molecule has 1 N–H and O–H groups in total. The first-order valence-corrected chi connectivity index (χ1v) is 6.81. The molecule has 18 heavy (non-hydrogen) atoms. The van der Waals surface area contributed by atoms with Gasteiger partial charge in [0.2, 0.25) is 0 Å². The Balaban J connectivity index is 1.99. The van der Waals surface area contributed by atoms with Crippen LogP contribution in [-0.4, -0.2) is 33.8 Å². The summed E-state index contributed by atoms with van der Waals surface area (Å²) >= 11 is 0. The molecule has 0 bridgehead atoms. The van der Waals surface area contributed by atoms with Crippen molar-refractivity contribution in [1.82, 2.24) is 9.97 Å². The van der Waals surface area contributed by atoms with E-state index in [1.54, 1.807) is 0 Å². The number of aryl methyl sites for hydroxylation is 2. The molecular weight excluding hydrogens is 226 g/mol. The molecule has 2 aliphatic rings. The summed E-state index contributed by atoms with van der Waals surface area (Å²) in [5, 5.41) is 10.3. The average Bonchev–Trinajstić information content (AvgIpc) is 2.83. The topological polar surface area (TPSA) is 49.2 Å². The molecule has 0 amide bonds. The van der Waals surface area contributed by atoms with Crippen LogP contribution < -0.4 is 4.90 Å². The van der Waals surface area contributed by atoms with Crippen molar-refractivity contribution in [3.05, 3.63) is 17.1 Å². The van der Waals surface area contributed by atoms with Crippen molar-refractivity contribution >= 4 is 5.82 Å². The molecule has 0 spiro atoms. The van der Waals surface area contributed by atoms with Gasteiger partial charge in [-0.15, -0.1) is 0 Å². The number of hydrogen-bond acceptors (Lipinski definition) is 4. The lowest BCUT2D eigenvalue weighted by Gasteiger charge is -2.22. The minimum atomic E-state index is -0.607. The largest absolute Gasteiger partial charge is 0.388 e. The first-order chi connectivity index (χ1) is 8.47. The van der Waals surface area contributed by atoms with Crippen LogP contribution in [0.2, 0.25) is 0 Å². The van der Waals surface area contributed by atoms with Gasteiger partial charge >= 0.3 is 0 Å². The highest BCUT2D eigenvalue weighted by Gasteiger charge is 2.40. The van der Waals surface area contributed by atoms with Crippen LogP contribution in [0.25, 0.3) is 0 Å². The van der Waals surface area contributed by atoms with Gasteiger partial charge in [-0.1, -0.05) is 6.92 Å². The minimum absolute atomic E-state index is 0.282. The molecule has 1 aliphatic heterocycles. The number of aromatic nitrogens is 2. The van der Waals surface area contributed by atoms with Gasteiger partial charge in [0, 0.05) is 30.3 Å². The Hall–Kier alpha value is -1.16. The molecule has 0 aromatic carbocycles. The van der Waals surface area contributed by atoms with Gasteiger partial charge in [0.25, 0.3) is 0 Å². The van der Waals surface area contributed by atoms with E-state index in [4.69, 9.17) is 0 Å². The highest BCUT2D eigenvalue weighted by molar-refractivity contribution is 5.52. The van der Waals surface area contributed by atoms with Crippen molar-refractivity contribution in [2.75, 3.05) is 18.0 Å². The molecule has 98 valence electrons. The quantitative estimate of drug-likeness (QED) is 0.816. The summed E-state index contributed by atoms with van der Waals surface area (Å²) in [6, 6.07) is 0. The predicted molar refractivity (Wildman–Crippen MR) is 70.8 cm³/mol. The van der Waals surface area contributed by atoms with Crippen LogP contribution in [-0.2, 0) is 12.8 Å². The lowest BCUT2D eigenvalue weighted by Crippen LogP contribution is -2.33. The second kappa shape index (κ2) is 3.92. The van der Waals surface area contributed by atoms with Gasteiger partial charge < -0.3 is 10.0 Å². The number of aliphatic hydroxyl groups is 1. The summed E-state index contributed by atoms with van der Waals surface area (Å²) in [7, 11) is 0. The van der Waals surface area contributed by atoms with Gasteiger partial charge in [-0.3, -0.25) is 0 Å². The molecule has 4 nitrogen and oxygen atoms in total. The molecule has 1 saturated heterocycles. The summed E-state index contributed by atoms with van der Waals surface area (Å²) in [6.07, 6.45) is 3.34. The highest BCUT2D eigenvalue weighted by atomic mass is 16.3. The van der Waals surface area contributed by atoms with E-state index in [9.17, 15) is 5.11 Å². The molecule has 1 aliphatic carbocycles. The van der Waals surface area contributed by atoms with Gasteiger partial charge in [-0.25, -0.2) is 9.97 Å². The molecule has 0 unspecified atom stereocenters. The number of hydrogen-bond donors (Lipinski definition) is 1.